The normalized spacial score (nSPS) is 35.2. The van der Waals surface area contributed by atoms with Crippen LogP contribution in [0.1, 0.15) is 144 Å². The molecule has 5 rings (SSSR count). The van der Waals surface area contributed by atoms with Crippen molar-refractivity contribution in [1.82, 2.24) is 0 Å². The first-order valence-corrected chi connectivity index (χ1v) is 21.0. The number of aliphatic hydroxyl groups is 1. The number of fused-ring (bicyclic) bond motifs is 5. The summed E-state index contributed by atoms with van der Waals surface area (Å²) in [5.74, 6) is -0.471. The minimum Gasteiger partial charge on any atom is -0.462 e. The molecule has 4 aliphatic carbocycles. The summed E-state index contributed by atoms with van der Waals surface area (Å²) in [6.45, 7) is 15.8. The molecular weight excluding hydrogens is 679 g/mol. The van der Waals surface area contributed by atoms with Crippen LogP contribution in [-0.2, 0) is 35.2 Å². The van der Waals surface area contributed by atoms with Crippen LogP contribution < -0.4 is 5.73 Å². The second-order valence-electron chi connectivity index (χ2n) is 18.2. The fourth-order valence-electron chi connectivity index (χ4n) is 11.9. The predicted octanol–water partition coefficient (Wildman–Crippen LogP) is 9.18. The SMILES string of the molecule is CC(=O)O[C@H]1C[C@@]2(C)[C@@H](C[C@@H](O)[C@H]3[C@@]4(C)CC[C@@H](OC(=O)CCCCCCCN)[C@@H](C)[C@@H]4CC[C@@]32C)/C1=C(\CCC=C(C)C)C(=O)OCc1ccccc1. The number of benzene rings is 1. The van der Waals surface area contributed by atoms with Gasteiger partial charge in [0.05, 0.1) is 6.10 Å². The van der Waals surface area contributed by atoms with Crippen LogP contribution in [0.25, 0.3) is 0 Å². The summed E-state index contributed by atoms with van der Waals surface area (Å²) >= 11 is 0. The van der Waals surface area contributed by atoms with Crippen LogP contribution in [-0.4, -0.2) is 47.9 Å². The van der Waals surface area contributed by atoms with E-state index in [2.05, 4.69) is 47.6 Å². The number of ether oxygens (including phenoxy) is 3. The Morgan fingerprint density at radius 2 is 1.61 bits per heavy atom. The van der Waals surface area contributed by atoms with Crippen molar-refractivity contribution in [2.75, 3.05) is 6.54 Å². The Kier molecular flexibility index (Phi) is 14.0. The lowest BCUT2D eigenvalue weighted by atomic mass is 9.36. The molecule has 8 nitrogen and oxygen atoms in total. The van der Waals surface area contributed by atoms with E-state index in [4.69, 9.17) is 19.9 Å². The molecule has 0 spiro atoms. The fourth-order valence-corrected chi connectivity index (χ4v) is 11.9. The third-order valence-corrected chi connectivity index (χ3v) is 14.6. The molecular formula is C46H69NO7. The molecule has 10 atom stereocenters. The molecule has 4 saturated carbocycles. The third kappa shape index (κ3) is 8.70. The monoisotopic (exact) mass is 748 g/mol. The van der Waals surface area contributed by atoms with Crippen molar-refractivity contribution in [2.45, 2.75) is 163 Å². The topological polar surface area (TPSA) is 125 Å². The van der Waals surface area contributed by atoms with E-state index >= 15 is 0 Å². The first-order valence-electron chi connectivity index (χ1n) is 21.0. The molecule has 0 aromatic heterocycles. The molecule has 4 aliphatic rings. The Morgan fingerprint density at radius 1 is 0.907 bits per heavy atom. The van der Waals surface area contributed by atoms with E-state index in [0.717, 1.165) is 75.5 Å². The summed E-state index contributed by atoms with van der Waals surface area (Å²) in [6, 6.07) is 9.69. The molecule has 8 heteroatoms. The first kappa shape index (κ1) is 42.2. The molecule has 0 unspecified atom stereocenters. The summed E-state index contributed by atoms with van der Waals surface area (Å²) in [5, 5.41) is 12.5. The van der Waals surface area contributed by atoms with E-state index in [1.807, 2.05) is 30.3 Å². The lowest BCUT2D eigenvalue weighted by Gasteiger charge is -2.69. The van der Waals surface area contributed by atoms with Gasteiger partial charge in [-0.05, 0) is 136 Å². The zero-order chi connectivity index (χ0) is 39.3. The van der Waals surface area contributed by atoms with Crippen molar-refractivity contribution >= 4 is 17.9 Å². The van der Waals surface area contributed by atoms with Gasteiger partial charge >= 0.3 is 17.9 Å². The van der Waals surface area contributed by atoms with Crippen molar-refractivity contribution in [3.8, 4) is 0 Å². The molecule has 0 saturated heterocycles. The number of rotatable bonds is 15. The number of esters is 3. The number of nitrogens with two attached hydrogens (primary N) is 1. The van der Waals surface area contributed by atoms with Crippen molar-refractivity contribution in [2.24, 2.45) is 45.7 Å². The van der Waals surface area contributed by atoms with Gasteiger partial charge in [-0.1, -0.05) is 88.9 Å². The maximum Gasteiger partial charge on any atom is 0.334 e. The van der Waals surface area contributed by atoms with E-state index < -0.39 is 12.2 Å². The molecule has 0 amide bonds. The van der Waals surface area contributed by atoms with Crippen LogP contribution in [0.2, 0.25) is 0 Å². The van der Waals surface area contributed by atoms with Crippen LogP contribution in [0.15, 0.2) is 53.1 Å². The minimum absolute atomic E-state index is 0.00843. The molecule has 1 aromatic carbocycles. The van der Waals surface area contributed by atoms with Crippen LogP contribution >= 0.6 is 0 Å². The Balaban J connectivity index is 1.42. The van der Waals surface area contributed by atoms with Crippen LogP contribution in [0, 0.1) is 39.9 Å². The first-order chi connectivity index (χ1) is 25.7. The number of unbranched alkanes of at least 4 members (excludes halogenated alkanes) is 4. The zero-order valence-corrected chi connectivity index (χ0v) is 34.3. The number of aliphatic hydroxyl groups excluding tert-OH is 1. The van der Waals surface area contributed by atoms with Gasteiger partial charge in [-0.2, -0.15) is 0 Å². The van der Waals surface area contributed by atoms with E-state index in [0.29, 0.717) is 43.6 Å². The highest BCUT2D eigenvalue weighted by molar-refractivity contribution is 5.90. The minimum atomic E-state index is -0.600. The van der Waals surface area contributed by atoms with Gasteiger partial charge in [-0.15, -0.1) is 0 Å². The van der Waals surface area contributed by atoms with E-state index in [-0.39, 0.29) is 64.6 Å². The second kappa shape index (κ2) is 17.9. The van der Waals surface area contributed by atoms with Gasteiger partial charge in [0.15, 0.2) is 0 Å². The molecule has 4 fully saturated rings. The van der Waals surface area contributed by atoms with Gasteiger partial charge in [-0.3, -0.25) is 9.59 Å². The lowest BCUT2D eigenvalue weighted by Crippen LogP contribution is -2.65. The Hall–Kier alpha value is -2.97. The molecule has 0 radical (unpaired) electrons. The maximum absolute atomic E-state index is 14.2. The Bertz CT molecular complexity index is 1530. The second-order valence-corrected chi connectivity index (χ2v) is 18.2. The summed E-state index contributed by atoms with van der Waals surface area (Å²) < 4.78 is 18.3. The summed E-state index contributed by atoms with van der Waals surface area (Å²) in [6.07, 6.45) is 12.2. The predicted molar refractivity (Wildman–Crippen MR) is 212 cm³/mol. The quantitative estimate of drug-likeness (QED) is 0.0599. The maximum atomic E-state index is 14.2. The molecule has 3 N–H and O–H groups in total. The smallest absolute Gasteiger partial charge is 0.334 e. The molecule has 0 aliphatic heterocycles. The summed E-state index contributed by atoms with van der Waals surface area (Å²) in [4.78, 5) is 39.9. The molecule has 1 aromatic rings. The van der Waals surface area contributed by atoms with E-state index in [9.17, 15) is 19.5 Å². The summed E-state index contributed by atoms with van der Waals surface area (Å²) in [5.41, 5.74) is 8.36. The van der Waals surface area contributed by atoms with Gasteiger partial charge in [-0.25, -0.2) is 4.79 Å². The van der Waals surface area contributed by atoms with Gasteiger partial charge in [0.2, 0.25) is 0 Å². The highest BCUT2D eigenvalue weighted by Crippen LogP contribution is 2.74. The molecule has 0 bridgehead atoms. The standard InChI is InChI=1S/C46H69NO7/c1-30(2)17-16-20-34(43(51)52-29-33-18-12-11-13-19-33)41-36-27-37(49)42-44(5)24-23-38(54-40(50)21-14-9-8-10-15-26-47)31(3)35(44)22-25-45(42,6)46(36,7)28-39(41)53-32(4)48/h11-13,17-19,31,35-39,42,49H,8-10,14-16,20-29,47H2,1-7H3/b41-34-/t31-,35-,36-,37+,38+,39-,42-,44-,45-,46-/m0/s1. The average Bonchev–Trinajstić information content (AvgIpc) is 3.39. The lowest BCUT2D eigenvalue weighted by molar-refractivity contribution is -0.236. The third-order valence-electron chi connectivity index (χ3n) is 14.6. The molecule has 54 heavy (non-hydrogen) atoms. The number of allylic oxidation sites excluding steroid dienone is 2. The molecule has 300 valence electrons. The van der Waals surface area contributed by atoms with Gasteiger partial charge < -0.3 is 25.1 Å². The zero-order valence-electron chi connectivity index (χ0n) is 34.3. The van der Waals surface area contributed by atoms with Crippen molar-refractivity contribution in [3.63, 3.8) is 0 Å². The highest BCUT2D eigenvalue weighted by Gasteiger charge is 2.71. The average molecular weight is 748 g/mol. The van der Waals surface area contributed by atoms with Crippen LogP contribution in [0.4, 0.5) is 0 Å². The van der Waals surface area contributed by atoms with Gasteiger partial charge in [0.25, 0.3) is 0 Å². The number of carbonyl (C=O) groups is 3. The Morgan fingerprint density at radius 3 is 2.30 bits per heavy atom. The number of carbonyl (C=O) groups excluding carboxylic acids is 3. The van der Waals surface area contributed by atoms with Crippen molar-refractivity contribution in [3.05, 3.63) is 58.7 Å². The summed E-state index contributed by atoms with van der Waals surface area (Å²) in [7, 11) is 0. The fraction of sp³-hybridized carbons (Fsp3) is 0.717. The van der Waals surface area contributed by atoms with Crippen LogP contribution in [0.5, 0.6) is 0 Å². The number of hydrogen-bond donors (Lipinski definition) is 2. The number of hydrogen-bond acceptors (Lipinski definition) is 8. The highest BCUT2D eigenvalue weighted by atomic mass is 16.5. The van der Waals surface area contributed by atoms with Crippen LogP contribution in [0.3, 0.4) is 0 Å². The largest absolute Gasteiger partial charge is 0.462 e. The molecule has 0 heterocycles. The van der Waals surface area contributed by atoms with E-state index in [1.165, 1.54) is 12.5 Å². The van der Waals surface area contributed by atoms with Crippen molar-refractivity contribution in [1.29, 1.82) is 0 Å². The van der Waals surface area contributed by atoms with Gasteiger partial charge in [0, 0.05) is 18.9 Å². The Labute approximate surface area is 325 Å². The van der Waals surface area contributed by atoms with Gasteiger partial charge in [0.1, 0.15) is 18.8 Å². The van der Waals surface area contributed by atoms with Crippen molar-refractivity contribution < 1.29 is 33.7 Å². The van der Waals surface area contributed by atoms with E-state index in [1.54, 1.807) is 0 Å².